The second-order valence-corrected chi connectivity index (χ2v) is 8.15. The third-order valence-electron chi connectivity index (χ3n) is 5.41. The monoisotopic (exact) mass is 329 g/mol. The lowest BCUT2D eigenvalue weighted by Crippen LogP contribution is -2.35. The Kier molecular flexibility index (Phi) is 4.66. The topological polar surface area (TPSA) is 46.6 Å². The van der Waals surface area contributed by atoms with E-state index in [1.165, 1.54) is 0 Å². The van der Waals surface area contributed by atoms with Crippen molar-refractivity contribution in [3.05, 3.63) is 35.4 Å². The molecule has 1 heterocycles. The molecule has 0 bridgehead atoms. The quantitative estimate of drug-likeness (QED) is 0.793. The molecule has 0 saturated heterocycles. The molecule has 3 rings (SSSR count). The molecule has 0 unspecified atom stereocenters. The van der Waals surface area contributed by atoms with E-state index in [-0.39, 0.29) is 24.5 Å². The first-order valence-corrected chi connectivity index (χ1v) is 8.91. The average Bonchev–Trinajstić information content (AvgIpc) is 2.83. The van der Waals surface area contributed by atoms with E-state index in [1.54, 1.807) is 4.90 Å². The van der Waals surface area contributed by atoms with Crippen LogP contribution in [0.4, 0.5) is 0 Å². The predicted octanol–water partition coefficient (Wildman–Crippen LogP) is 3.79. The molecule has 1 aliphatic heterocycles. The number of hydrogen-bond donors (Lipinski definition) is 0. The summed E-state index contributed by atoms with van der Waals surface area (Å²) in [5, 5.41) is 0. The SMILES string of the molecule is CC(C)(C)C1CCC(OC(=O)CN2Cc3ccccc3C2=O)CC1. The molecule has 4 heteroatoms. The van der Waals surface area contributed by atoms with Crippen LogP contribution in [0.5, 0.6) is 0 Å². The Labute approximate surface area is 144 Å². The van der Waals surface area contributed by atoms with Gasteiger partial charge in [-0.3, -0.25) is 9.59 Å². The lowest BCUT2D eigenvalue weighted by Gasteiger charge is -2.36. The number of esters is 1. The number of benzene rings is 1. The van der Waals surface area contributed by atoms with Crippen molar-refractivity contribution < 1.29 is 14.3 Å². The first-order valence-electron chi connectivity index (χ1n) is 8.91. The summed E-state index contributed by atoms with van der Waals surface area (Å²) in [5.74, 6) is 0.344. The van der Waals surface area contributed by atoms with Crippen LogP contribution in [-0.4, -0.2) is 29.4 Å². The standard InChI is InChI=1S/C20H27NO3/c1-20(2,3)15-8-10-16(11-9-15)24-18(22)13-21-12-14-6-4-5-7-17(14)19(21)23/h4-7,15-16H,8-13H2,1-3H3. The highest BCUT2D eigenvalue weighted by Crippen LogP contribution is 2.38. The maximum Gasteiger partial charge on any atom is 0.325 e. The first kappa shape index (κ1) is 17.0. The predicted molar refractivity (Wildman–Crippen MR) is 92.5 cm³/mol. The van der Waals surface area contributed by atoms with Crippen LogP contribution < -0.4 is 0 Å². The van der Waals surface area contributed by atoms with Crippen LogP contribution in [0.15, 0.2) is 24.3 Å². The van der Waals surface area contributed by atoms with Crippen LogP contribution in [0.3, 0.4) is 0 Å². The van der Waals surface area contributed by atoms with Crippen molar-refractivity contribution in [2.45, 2.75) is 59.1 Å². The summed E-state index contributed by atoms with van der Waals surface area (Å²) in [6.45, 7) is 7.38. The van der Waals surface area contributed by atoms with Crippen molar-refractivity contribution in [1.29, 1.82) is 0 Å². The molecular weight excluding hydrogens is 302 g/mol. The highest BCUT2D eigenvalue weighted by Gasteiger charge is 2.32. The molecule has 130 valence electrons. The van der Waals surface area contributed by atoms with Gasteiger partial charge in [0.25, 0.3) is 5.91 Å². The Morgan fingerprint density at radius 1 is 1.17 bits per heavy atom. The number of rotatable bonds is 3. The molecule has 0 spiro atoms. The van der Waals surface area contributed by atoms with Gasteiger partial charge in [-0.15, -0.1) is 0 Å². The van der Waals surface area contributed by atoms with E-state index in [0.29, 0.717) is 23.4 Å². The molecule has 0 radical (unpaired) electrons. The lowest BCUT2D eigenvalue weighted by molar-refractivity contribution is -0.152. The van der Waals surface area contributed by atoms with Crippen LogP contribution >= 0.6 is 0 Å². The normalized spacial score (nSPS) is 24.0. The molecule has 1 amide bonds. The summed E-state index contributed by atoms with van der Waals surface area (Å²) in [6, 6.07) is 7.52. The molecule has 0 atom stereocenters. The summed E-state index contributed by atoms with van der Waals surface area (Å²) in [7, 11) is 0. The van der Waals surface area contributed by atoms with E-state index in [9.17, 15) is 9.59 Å². The van der Waals surface area contributed by atoms with Crippen LogP contribution in [0, 0.1) is 11.3 Å². The average molecular weight is 329 g/mol. The Morgan fingerprint density at radius 3 is 2.46 bits per heavy atom. The Bertz CT molecular complexity index is 624. The maximum absolute atomic E-state index is 12.3. The smallest absolute Gasteiger partial charge is 0.325 e. The van der Waals surface area contributed by atoms with Crippen molar-refractivity contribution in [3.63, 3.8) is 0 Å². The van der Waals surface area contributed by atoms with Gasteiger partial charge >= 0.3 is 5.97 Å². The van der Waals surface area contributed by atoms with Crippen molar-refractivity contribution >= 4 is 11.9 Å². The fourth-order valence-electron chi connectivity index (χ4n) is 3.87. The zero-order valence-corrected chi connectivity index (χ0v) is 14.9. The van der Waals surface area contributed by atoms with E-state index in [1.807, 2.05) is 24.3 Å². The van der Waals surface area contributed by atoms with Crippen LogP contribution in [0.25, 0.3) is 0 Å². The molecule has 1 aromatic rings. The summed E-state index contributed by atoms with van der Waals surface area (Å²) < 4.78 is 5.63. The molecule has 1 aromatic carbocycles. The minimum Gasteiger partial charge on any atom is -0.461 e. The molecule has 24 heavy (non-hydrogen) atoms. The molecule has 2 aliphatic rings. The van der Waals surface area contributed by atoms with Gasteiger partial charge in [0.2, 0.25) is 0 Å². The maximum atomic E-state index is 12.3. The second-order valence-electron chi connectivity index (χ2n) is 8.15. The molecule has 1 saturated carbocycles. The molecule has 1 aliphatic carbocycles. The van der Waals surface area contributed by atoms with E-state index in [4.69, 9.17) is 4.74 Å². The molecular formula is C20H27NO3. The van der Waals surface area contributed by atoms with Gasteiger partial charge < -0.3 is 9.64 Å². The first-order chi connectivity index (χ1) is 11.3. The van der Waals surface area contributed by atoms with E-state index in [2.05, 4.69) is 20.8 Å². The largest absolute Gasteiger partial charge is 0.461 e. The minimum atomic E-state index is -0.282. The summed E-state index contributed by atoms with van der Waals surface area (Å²) >= 11 is 0. The molecule has 1 fully saturated rings. The van der Waals surface area contributed by atoms with Gasteiger partial charge in [0, 0.05) is 12.1 Å². The fraction of sp³-hybridized carbons (Fsp3) is 0.600. The second kappa shape index (κ2) is 6.58. The van der Waals surface area contributed by atoms with Crippen LogP contribution in [0.1, 0.15) is 62.4 Å². The fourth-order valence-corrected chi connectivity index (χ4v) is 3.87. The Morgan fingerprint density at radius 2 is 1.83 bits per heavy atom. The third-order valence-corrected chi connectivity index (χ3v) is 5.41. The highest BCUT2D eigenvalue weighted by molar-refractivity contribution is 5.99. The molecule has 0 N–H and O–H groups in total. The highest BCUT2D eigenvalue weighted by atomic mass is 16.5. The number of carbonyl (C=O) groups is 2. The number of ether oxygens (including phenoxy) is 1. The van der Waals surface area contributed by atoms with Gasteiger partial charge in [-0.05, 0) is 48.6 Å². The zero-order valence-electron chi connectivity index (χ0n) is 14.9. The lowest BCUT2D eigenvalue weighted by atomic mass is 9.72. The Hall–Kier alpha value is -1.84. The van der Waals surface area contributed by atoms with Gasteiger partial charge in [-0.25, -0.2) is 0 Å². The van der Waals surface area contributed by atoms with Crippen molar-refractivity contribution in [2.75, 3.05) is 6.54 Å². The summed E-state index contributed by atoms with van der Waals surface area (Å²) in [6.07, 6.45) is 4.09. The van der Waals surface area contributed by atoms with Gasteiger partial charge in [0.05, 0.1) is 0 Å². The number of fused-ring (bicyclic) bond motifs is 1. The van der Waals surface area contributed by atoms with Gasteiger partial charge in [0.1, 0.15) is 12.6 Å². The van der Waals surface area contributed by atoms with Gasteiger partial charge in [0.15, 0.2) is 0 Å². The minimum absolute atomic E-state index is 0.0104. The Balaban J connectivity index is 1.49. The molecule has 0 aromatic heterocycles. The molecule has 4 nitrogen and oxygen atoms in total. The van der Waals surface area contributed by atoms with Crippen LogP contribution in [0.2, 0.25) is 0 Å². The van der Waals surface area contributed by atoms with Gasteiger partial charge in [-0.2, -0.15) is 0 Å². The van der Waals surface area contributed by atoms with Crippen molar-refractivity contribution in [2.24, 2.45) is 11.3 Å². The number of nitrogens with zero attached hydrogens (tertiary/aromatic N) is 1. The third kappa shape index (κ3) is 3.63. The summed E-state index contributed by atoms with van der Waals surface area (Å²) in [5.41, 5.74) is 2.01. The van der Waals surface area contributed by atoms with E-state index in [0.717, 1.165) is 31.2 Å². The zero-order chi connectivity index (χ0) is 17.3. The van der Waals surface area contributed by atoms with Gasteiger partial charge in [-0.1, -0.05) is 39.0 Å². The van der Waals surface area contributed by atoms with Crippen molar-refractivity contribution in [1.82, 2.24) is 4.90 Å². The summed E-state index contributed by atoms with van der Waals surface area (Å²) in [4.78, 5) is 26.1. The number of amides is 1. The number of carbonyl (C=O) groups excluding carboxylic acids is 2. The van der Waals surface area contributed by atoms with Crippen molar-refractivity contribution in [3.8, 4) is 0 Å². The van der Waals surface area contributed by atoms with E-state index >= 15 is 0 Å². The number of hydrogen-bond acceptors (Lipinski definition) is 3. The van der Waals surface area contributed by atoms with Crippen LogP contribution in [-0.2, 0) is 16.1 Å². The van der Waals surface area contributed by atoms with E-state index < -0.39 is 0 Å².